The van der Waals surface area contributed by atoms with Crippen LogP contribution in [0.2, 0.25) is 0 Å². The third kappa shape index (κ3) is 7.38. The number of hydrogen-bond donors (Lipinski definition) is 3. The summed E-state index contributed by atoms with van der Waals surface area (Å²) in [7, 11) is -2.26. The van der Waals surface area contributed by atoms with Gasteiger partial charge in [0.05, 0.1) is 29.7 Å². The molecule has 0 unspecified atom stereocenters. The van der Waals surface area contributed by atoms with Crippen LogP contribution in [0.3, 0.4) is 0 Å². The van der Waals surface area contributed by atoms with Crippen LogP contribution in [-0.2, 0) is 10.0 Å². The summed E-state index contributed by atoms with van der Waals surface area (Å²) in [4.78, 5) is 28.1. The first-order chi connectivity index (χ1) is 19.5. The van der Waals surface area contributed by atoms with E-state index in [1.54, 1.807) is 54.3 Å². The van der Waals surface area contributed by atoms with E-state index < -0.39 is 22.2 Å². The highest BCUT2D eigenvalue weighted by atomic mass is 32.2. The Morgan fingerprint density at radius 1 is 1.15 bits per heavy atom. The van der Waals surface area contributed by atoms with E-state index in [9.17, 15) is 23.1 Å². The van der Waals surface area contributed by atoms with Crippen molar-refractivity contribution in [2.45, 2.75) is 76.0 Å². The summed E-state index contributed by atoms with van der Waals surface area (Å²) < 4.78 is 34.2. The molecule has 0 aromatic heterocycles. The van der Waals surface area contributed by atoms with Crippen LogP contribution in [0, 0.1) is 12.8 Å². The van der Waals surface area contributed by atoms with Gasteiger partial charge in [0.15, 0.2) is 0 Å². The SMILES string of the molecule is Cc1ccc(S(=O)(=O)N(C)C[C@@H]2Oc3ccc(NC(=O)NC4CCCCC4)cc3C(=O)N([C@@H](C)CO)C[C@H]2C)cc1. The summed E-state index contributed by atoms with van der Waals surface area (Å²) in [6.45, 7) is 5.63. The number of amides is 3. The highest BCUT2D eigenvalue weighted by molar-refractivity contribution is 7.89. The third-order valence-electron chi connectivity index (χ3n) is 8.03. The number of aryl methyl sites for hydroxylation is 1. The number of carbonyl (C=O) groups excluding carboxylic acids is 2. The van der Waals surface area contributed by atoms with Gasteiger partial charge >= 0.3 is 6.03 Å². The second-order valence-corrected chi connectivity index (χ2v) is 13.4. The molecule has 4 rings (SSSR count). The molecule has 3 amide bonds. The molecule has 1 fully saturated rings. The van der Waals surface area contributed by atoms with E-state index in [0.717, 1.165) is 31.2 Å². The summed E-state index contributed by atoms with van der Waals surface area (Å²) in [6, 6.07) is 10.9. The number of hydrogen-bond acceptors (Lipinski definition) is 6. The van der Waals surface area contributed by atoms with Gasteiger partial charge in [0.1, 0.15) is 11.9 Å². The number of benzene rings is 2. The Morgan fingerprint density at radius 2 is 1.83 bits per heavy atom. The molecule has 1 aliphatic heterocycles. The van der Waals surface area contributed by atoms with Crippen molar-refractivity contribution in [2.24, 2.45) is 5.92 Å². The van der Waals surface area contributed by atoms with Gasteiger partial charge in [0.2, 0.25) is 10.0 Å². The Hall–Kier alpha value is -3.15. The van der Waals surface area contributed by atoms with Crippen LogP contribution >= 0.6 is 0 Å². The van der Waals surface area contributed by atoms with Gasteiger partial charge in [0.25, 0.3) is 5.91 Å². The van der Waals surface area contributed by atoms with Gasteiger partial charge in [-0.3, -0.25) is 4.79 Å². The molecule has 0 spiro atoms. The number of sulfonamides is 1. The molecule has 224 valence electrons. The molecule has 2 aromatic rings. The minimum absolute atomic E-state index is 0.0517. The predicted octanol–water partition coefficient (Wildman–Crippen LogP) is 3.99. The van der Waals surface area contributed by atoms with Crippen LogP contribution in [-0.4, -0.2) is 79.6 Å². The number of nitrogens with one attached hydrogen (secondary N) is 2. The van der Waals surface area contributed by atoms with Crippen LogP contribution in [0.5, 0.6) is 5.75 Å². The number of aliphatic hydroxyl groups is 1. The Balaban J connectivity index is 1.59. The Morgan fingerprint density at radius 3 is 2.49 bits per heavy atom. The van der Waals surface area contributed by atoms with E-state index in [2.05, 4.69) is 10.6 Å². The lowest BCUT2D eigenvalue weighted by Crippen LogP contribution is -2.50. The monoisotopic (exact) mass is 586 g/mol. The van der Waals surface area contributed by atoms with Crippen LogP contribution in [0.1, 0.15) is 61.9 Å². The predicted molar refractivity (Wildman–Crippen MR) is 158 cm³/mol. The van der Waals surface area contributed by atoms with Crippen molar-refractivity contribution in [3.05, 3.63) is 53.6 Å². The normalized spacial score (nSPS) is 20.9. The van der Waals surface area contributed by atoms with E-state index in [-0.39, 0.29) is 54.1 Å². The van der Waals surface area contributed by atoms with Gasteiger partial charge in [-0.05, 0) is 57.0 Å². The van der Waals surface area contributed by atoms with Crippen molar-refractivity contribution in [1.29, 1.82) is 0 Å². The number of urea groups is 1. The standard InChI is InChI=1S/C30H42N4O6S/c1-20-10-13-25(14-11-20)41(38,39)33(4)18-28-21(2)17-34(22(3)19-35)29(36)26-16-24(12-15-27(26)40-28)32-30(37)31-23-8-6-5-7-9-23/h10-16,21-23,28,35H,5-9,17-19H2,1-4H3,(H2,31,32,37)/t21-,22+,28+/m1/s1. The van der Waals surface area contributed by atoms with E-state index in [1.165, 1.54) is 17.8 Å². The maximum atomic E-state index is 13.7. The van der Waals surface area contributed by atoms with Crippen LogP contribution < -0.4 is 15.4 Å². The number of ether oxygens (including phenoxy) is 1. The molecule has 0 saturated heterocycles. The zero-order chi connectivity index (χ0) is 29.7. The van der Waals surface area contributed by atoms with Crippen LogP contribution in [0.4, 0.5) is 10.5 Å². The zero-order valence-corrected chi connectivity index (χ0v) is 25.1. The molecule has 11 heteroatoms. The molecular weight excluding hydrogens is 544 g/mol. The van der Waals surface area contributed by atoms with E-state index in [4.69, 9.17) is 4.74 Å². The molecule has 0 bridgehead atoms. The van der Waals surface area contributed by atoms with Gasteiger partial charge < -0.3 is 25.4 Å². The highest BCUT2D eigenvalue weighted by Crippen LogP contribution is 2.31. The first kappa shape index (κ1) is 30.8. The first-order valence-electron chi connectivity index (χ1n) is 14.3. The van der Waals surface area contributed by atoms with Crippen molar-refractivity contribution in [2.75, 3.05) is 32.1 Å². The van der Waals surface area contributed by atoms with Gasteiger partial charge in [-0.15, -0.1) is 0 Å². The van der Waals surface area contributed by atoms with E-state index >= 15 is 0 Å². The molecule has 2 aromatic carbocycles. The lowest BCUT2D eigenvalue weighted by atomic mass is 9.96. The van der Waals surface area contributed by atoms with Gasteiger partial charge in [0, 0.05) is 31.2 Å². The fraction of sp³-hybridized carbons (Fsp3) is 0.533. The van der Waals surface area contributed by atoms with Crippen molar-refractivity contribution < 1.29 is 27.9 Å². The summed E-state index contributed by atoms with van der Waals surface area (Å²) in [6.07, 6.45) is 4.68. The average Bonchev–Trinajstić information content (AvgIpc) is 2.95. The average molecular weight is 587 g/mol. The molecule has 1 saturated carbocycles. The second kappa shape index (κ2) is 13.2. The topological polar surface area (TPSA) is 128 Å². The number of likely N-dealkylation sites (N-methyl/N-ethyl adjacent to an activating group) is 1. The minimum Gasteiger partial charge on any atom is -0.488 e. The lowest BCUT2D eigenvalue weighted by molar-refractivity contribution is 0.0387. The molecule has 1 heterocycles. The largest absolute Gasteiger partial charge is 0.488 e. The Kier molecular flexibility index (Phi) is 9.93. The molecule has 2 aliphatic rings. The summed E-state index contributed by atoms with van der Waals surface area (Å²) in [5.74, 6) is -0.291. The maximum Gasteiger partial charge on any atom is 0.319 e. The summed E-state index contributed by atoms with van der Waals surface area (Å²) in [5, 5.41) is 15.8. The minimum atomic E-state index is -3.78. The molecule has 3 atom stereocenters. The molecular formula is C30H42N4O6S. The van der Waals surface area contributed by atoms with Gasteiger partial charge in [-0.25, -0.2) is 13.2 Å². The number of rotatable bonds is 8. The number of anilines is 1. The fourth-order valence-corrected chi connectivity index (χ4v) is 6.54. The van der Waals surface area contributed by atoms with E-state index in [1.807, 2.05) is 13.8 Å². The molecule has 1 aliphatic carbocycles. The molecule has 41 heavy (non-hydrogen) atoms. The molecule has 10 nitrogen and oxygen atoms in total. The van der Waals surface area contributed by atoms with Gasteiger partial charge in [-0.1, -0.05) is 43.9 Å². The van der Waals surface area contributed by atoms with E-state index in [0.29, 0.717) is 11.4 Å². The second-order valence-electron chi connectivity index (χ2n) is 11.4. The molecule has 0 radical (unpaired) electrons. The summed E-state index contributed by atoms with van der Waals surface area (Å²) >= 11 is 0. The quantitative estimate of drug-likeness (QED) is 0.429. The van der Waals surface area contributed by atoms with Crippen molar-refractivity contribution in [3.8, 4) is 5.75 Å². The summed E-state index contributed by atoms with van der Waals surface area (Å²) in [5.41, 5.74) is 1.64. The number of fused-ring (bicyclic) bond motifs is 1. The van der Waals surface area contributed by atoms with Crippen molar-refractivity contribution >= 4 is 27.6 Å². The Bertz CT molecular complexity index is 1330. The Labute approximate surface area is 243 Å². The van der Waals surface area contributed by atoms with Crippen molar-refractivity contribution in [1.82, 2.24) is 14.5 Å². The fourth-order valence-electron chi connectivity index (χ4n) is 5.36. The highest BCUT2D eigenvalue weighted by Gasteiger charge is 2.35. The number of aliphatic hydroxyl groups excluding tert-OH is 1. The van der Waals surface area contributed by atoms with Crippen LogP contribution in [0.15, 0.2) is 47.4 Å². The van der Waals surface area contributed by atoms with Crippen molar-refractivity contribution in [3.63, 3.8) is 0 Å². The van der Waals surface area contributed by atoms with Crippen LogP contribution in [0.25, 0.3) is 0 Å². The zero-order valence-electron chi connectivity index (χ0n) is 24.3. The molecule has 3 N–H and O–H groups in total. The van der Waals surface area contributed by atoms with Gasteiger partial charge in [-0.2, -0.15) is 4.31 Å². The smallest absolute Gasteiger partial charge is 0.319 e. The number of carbonyl (C=O) groups is 2. The first-order valence-corrected chi connectivity index (χ1v) is 15.8. The third-order valence-corrected chi connectivity index (χ3v) is 9.87. The maximum absolute atomic E-state index is 13.7. The number of nitrogens with zero attached hydrogens (tertiary/aromatic N) is 2. The lowest BCUT2D eigenvalue weighted by Gasteiger charge is -2.38.